The summed E-state index contributed by atoms with van der Waals surface area (Å²) in [6.07, 6.45) is 0. The molecule has 0 saturated heterocycles. The molecule has 0 bridgehead atoms. The van der Waals surface area contributed by atoms with Crippen LogP contribution in [0.5, 0.6) is 11.5 Å². The second-order valence-corrected chi connectivity index (χ2v) is 15.4. The molecule has 0 aliphatic rings. The minimum absolute atomic E-state index is 0.140. The maximum absolute atomic E-state index is 12.3. The third-order valence-electron chi connectivity index (χ3n) is 7.70. The van der Waals surface area contributed by atoms with Crippen molar-refractivity contribution >= 4 is 91.7 Å². The first-order chi connectivity index (χ1) is 25.4. The molecule has 0 spiro atoms. The number of phenols is 1. The van der Waals surface area contributed by atoms with Crippen molar-refractivity contribution in [1.82, 2.24) is 0 Å². The lowest BCUT2D eigenvalue weighted by molar-refractivity contribution is 0.416. The normalized spacial score (nSPS) is 12.8. The van der Waals surface area contributed by atoms with Gasteiger partial charge in [0.15, 0.2) is 5.75 Å². The van der Waals surface area contributed by atoms with Gasteiger partial charge in [0.1, 0.15) is 26.9 Å². The van der Waals surface area contributed by atoms with Gasteiger partial charge < -0.3 is 15.6 Å². The molecule has 0 saturated carbocycles. The smallest absolute Gasteiger partial charge is 0.296 e. The molecule has 0 heterocycles. The SMILES string of the molecule is COc1cc(N=Nc2cccc(S(=O)(=O)O)c2)ccc1N=Nc1ccc(N=Nc2c(S(=O)(=O)O)cc3cc(S(=O)(=O)O)c(N)cc3c2O)c2ccccc12. The van der Waals surface area contributed by atoms with E-state index >= 15 is 0 Å². The predicted molar refractivity (Wildman–Crippen MR) is 195 cm³/mol. The summed E-state index contributed by atoms with van der Waals surface area (Å²) in [4.78, 5) is -1.97. The topological polar surface area (TPSA) is 293 Å². The molecule has 0 aromatic heterocycles. The van der Waals surface area contributed by atoms with Crippen molar-refractivity contribution in [3.8, 4) is 11.5 Å². The molecule has 0 aliphatic heterocycles. The summed E-state index contributed by atoms with van der Waals surface area (Å²) >= 11 is 0. The summed E-state index contributed by atoms with van der Waals surface area (Å²) in [5, 5.41) is 36.6. The number of hydrogen-bond donors (Lipinski definition) is 5. The summed E-state index contributed by atoms with van der Waals surface area (Å²) in [5.74, 6) is -0.516. The first kappa shape index (κ1) is 37.5. The van der Waals surface area contributed by atoms with Crippen molar-refractivity contribution in [2.75, 3.05) is 12.8 Å². The van der Waals surface area contributed by atoms with Gasteiger partial charge in [0.25, 0.3) is 30.4 Å². The zero-order valence-electron chi connectivity index (χ0n) is 27.4. The third kappa shape index (κ3) is 7.90. The molecule has 21 heteroatoms. The van der Waals surface area contributed by atoms with Crippen LogP contribution in [0.25, 0.3) is 21.5 Å². The van der Waals surface area contributed by atoms with Gasteiger partial charge in [-0.1, -0.05) is 30.3 Å². The van der Waals surface area contributed by atoms with E-state index in [4.69, 9.17) is 10.5 Å². The molecule has 6 N–H and O–H groups in total. The number of hydrogen-bond acceptors (Lipinski definition) is 15. The number of nitrogens with two attached hydrogens (primary N) is 1. The van der Waals surface area contributed by atoms with Crippen molar-refractivity contribution < 1.29 is 48.8 Å². The lowest BCUT2D eigenvalue weighted by atomic mass is 10.1. The van der Waals surface area contributed by atoms with Crippen molar-refractivity contribution in [2.24, 2.45) is 30.7 Å². The van der Waals surface area contributed by atoms with E-state index < -0.39 is 57.3 Å². The fraction of sp³-hybridized carbons (Fsp3) is 0.0303. The molecule has 0 unspecified atom stereocenters. The average molecular weight is 792 g/mol. The molecule has 18 nitrogen and oxygen atoms in total. The van der Waals surface area contributed by atoms with Crippen molar-refractivity contribution in [3.63, 3.8) is 0 Å². The minimum Gasteiger partial charge on any atom is -0.505 e. The van der Waals surface area contributed by atoms with Crippen LogP contribution in [0.3, 0.4) is 0 Å². The number of methoxy groups -OCH3 is 1. The van der Waals surface area contributed by atoms with E-state index in [1.165, 1.54) is 37.4 Å². The van der Waals surface area contributed by atoms with E-state index in [-0.39, 0.29) is 32.8 Å². The molecule has 54 heavy (non-hydrogen) atoms. The fourth-order valence-corrected chi connectivity index (χ4v) is 7.00. The number of phenolic OH excluding ortho intramolecular Hbond substituents is 1. The Hall–Kier alpha value is -6.23. The van der Waals surface area contributed by atoms with Crippen LogP contribution in [0.1, 0.15) is 0 Å². The van der Waals surface area contributed by atoms with E-state index in [1.54, 1.807) is 42.5 Å². The molecule has 0 atom stereocenters. The van der Waals surface area contributed by atoms with Crippen LogP contribution in [-0.2, 0) is 30.4 Å². The molecule has 276 valence electrons. The highest BCUT2D eigenvalue weighted by Crippen LogP contribution is 2.44. The first-order valence-corrected chi connectivity index (χ1v) is 19.3. The lowest BCUT2D eigenvalue weighted by Gasteiger charge is -2.11. The van der Waals surface area contributed by atoms with Crippen LogP contribution in [-0.4, -0.2) is 51.1 Å². The van der Waals surface area contributed by atoms with E-state index in [9.17, 15) is 44.0 Å². The summed E-state index contributed by atoms with van der Waals surface area (Å²) in [6.45, 7) is 0. The predicted octanol–water partition coefficient (Wildman–Crippen LogP) is 8.28. The first-order valence-electron chi connectivity index (χ1n) is 15.0. The Bertz CT molecular complexity index is 2940. The summed E-state index contributed by atoms with van der Waals surface area (Å²) in [6, 6.07) is 22.5. The number of ether oxygens (including phenoxy) is 1. The molecule has 0 fully saturated rings. The summed E-state index contributed by atoms with van der Waals surface area (Å²) in [7, 11) is -12.9. The van der Waals surface area contributed by atoms with Gasteiger partial charge in [0.2, 0.25) is 0 Å². The number of nitrogen functional groups attached to an aromatic ring is 1. The van der Waals surface area contributed by atoms with Gasteiger partial charge in [-0.3, -0.25) is 13.7 Å². The summed E-state index contributed by atoms with van der Waals surface area (Å²) < 4.78 is 105. The lowest BCUT2D eigenvalue weighted by Crippen LogP contribution is -2.04. The highest BCUT2D eigenvalue weighted by Gasteiger charge is 2.25. The molecule has 0 radical (unpaired) electrons. The Kier molecular flexibility index (Phi) is 9.94. The third-order valence-corrected chi connectivity index (χ3v) is 10.3. The van der Waals surface area contributed by atoms with Crippen LogP contribution in [0, 0.1) is 0 Å². The highest BCUT2D eigenvalue weighted by atomic mass is 32.2. The Morgan fingerprint density at radius 2 is 1.11 bits per heavy atom. The molecular formula is C33H25N7O11S3. The molecule has 0 amide bonds. The van der Waals surface area contributed by atoms with E-state index in [0.29, 0.717) is 27.8 Å². The van der Waals surface area contributed by atoms with Crippen molar-refractivity contribution in [3.05, 3.63) is 97.1 Å². The zero-order valence-corrected chi connectivity index (χ0v) is 29.8. The van der Waals surface area contributed by atoms with Crippen LogP contribution in [0.2, 0.25) is 0 Å². The number of nitrogens with zero attached hydrogens (tertiary/aromatic N) is 6. The van der Waals surface area contributed by atoms with Gasteiger partial charge in [-0.15, -0.1) is 20.5 Å². The number of fused-ring (bicyclic) bond motifs is 2. The van der Waals surface area contributed by atoms with Gasteiger partial charge >= 0.3 is 0 Å². The Morgan fingerprint density at radius 1 is 0.556 bits per heavy atom. The van der Waals surface area contributed by atoms with E-state index in [2.05, 4.69) is 30.7 Å². The van der Waals surface area contributed by atoms with E-state index in [1.807, 2.05) is 0 Å². The number of azo groups is 3. The second-order valence-electron chi connectivity index (χ2n) is 11.2. The highest BCUT2D eigenvalue weighted by molar-refractivity contribution is 7.86. The van der Waals surface area contributed by atoms with Gasteiger partial charge in [-0.25, -0.2) is 0 Å². The molecule has 6 aromatic carbocycles. The van der Waals surface area contributed by atoms with Gasteiger partial charge in [0, 0.05) is 22.2 Å². The molecular weight excluding hydrogens is 767 g/mol. The van der Waals surface area contributed by atoms with Crippen LogP contribution in [0.15, 0.2) is 142 Å². The number of aromatic hydroxyl groups is 1. The minimum atomic E-state index is -5.06. The maximum atomic E-state index is 12.3. The average Bonchev–Trinajstić information content (AvgIpc) is 3.12. The Labute approximate surface area is 306 Å². The summed E-state index contributed by atoms with van der Waals surface area (Å²) in [5.41, 5.74) is 6.05. The van der Waals surface area contributed by atoms with Crippen molar-refractivity contribution in [1.29, 1.82) is 0 Å². The monoisotopic (exact) mass is 791 g/mol. The quantitative estimate of drug-likeness (QED) is 0.0497. The zero-order chi connectivity index (χ0) is 39.0. The van der Waals surface area contributed by atoms with Gasteiger partial charge in [-0.05, 0) is 66.0 Å². The van der Waals surface area contributed by atoms with Crippen LogP contribution in [0.4, 0.5) is 39.8 Å². The molecule has 6 rings (SSSR count). The number of rotatable bonds is 10. The van der Waals surface area contributed by atoms with Crippen LogP contribution < -0.4 is 10.5 Å². The molecule has 0 aliphatic carbocycles. The number of benzene rings is 6. The molecule has 6 aromatic rings. The van der Waals surface area contributed by atoms with E-state index in [0.717, 1.165) is 24.3 Å². The fourth-order valence-electron chi connectivity index (χ4n) is 5.19. The van der Waals surface area contributed by atoms with Gasteiger partial charge in [0.05, 0.1) is 40.4 Å². The number of anilines is 1. The largest absolute Gasteiger partial charge is 0.505 e. The van der Waals surface area contributed by atoms with Crippen LogP contribution >= 0.6 is 0 Å². The Morgan fingerprint density at radius 3 is 1.70 bits per heavy atom. The van der Waals surface area contributed by atoms with Crippen molar-refractivity contribution in [2.45, 2.75) is 14.7 Å². The maximum Gasteiger partial charge on any atom is 0.296 e. The Balaban J connectivity index is 1.33. The van der Waals surface area contributed by atoms with Gasteiger partial charge in [-0.2, -0.15) is 35.5 Å². The second kappa shape index (κ2) is 14.3. The standard InChI is InChI=1S/C33H25N7O11S3/c1-51-29-16-20(36-35-19-5-4-6-21(15-19)52(42,43)44)9-10-28(29)39-37-26-11-12-27(23-8-3-2-7-22(23)26)38-40-32-31(54(48,49)50)14-18-13-30(53(45,46)47)25(34)17-24(18)33(32)41/h2-17,41H,34H2,1H3,(H,42,43,44)(H,45,46,47)(H,48,49,50).